The van der Waals surface area contributed by atoms with Crippen LogP contribution in [0.15, 0.2) is 42.5 Å². The van der Waals surface area contributed by atoms with Crippen molar-refractivity contribution in [1.29, 1.82) is 0 Å². The summed E-state index contributed by atoms with van der Waals surface area (Å²) in [6.07, 6.45) is -0.0341. The van der Waals surface area contributed by atoms with Crippen molar-refractivity contribution in [1.82, 2.24) is 0 Å². The Morgan fingerprint density at radius 2 is 1.86 bits per heavy atom. The van der Waals surface area contributed by atoms with E-state index in [-0.39, 0.29) is 5.91 Å². The van der Waals surface area contributed by atoms with E-state index >= 15 is 0 Å². The van der Waals surface area contributed by atoms with E-state index in [1.54, 1.807) is 18.2 Å². The SMILES string of the molecule is CC[C@@H](Oc1cccc(C)c1)C(=O)Nc1cc(Cl)cc(Cl)c1. The van der Waals surface area contributed by atoms with E-state index in [9.17, 15) is 4.79 Å². The van der Waals surface area contributed by atoms with E-state index in [1.165, 1.54) is 0 Å². The van der Waals surface area contributed by atoms with Gasteiger partial charge in [0, 0.05) is 15.7 Å². The molecule has 0 bridgehead atoms. The topological polar surface area (TPSA) is 38.3 Å². The number of carbonyl (C=O) groups excluding carboxylic acids is 1. The van der Waals surface area contributed by atoms with Crippen LogP contribution in [-0.2, 0) is 4.79 Å². The lowest BCUT2D eigenvalue weighted by Gasteiger charge is -2.17. The zero-order chi connectivity index (χ0) is 16.1. The summed E-state index contributed by atoms with van der Waals surface area (Å²) in [6, 6.07) is 12.5. The number of halogens is 2. The molecule has 0 saturated heterocycles. The third kappa shape index (κ3) is 4.65. The number of rotatable bonds is 5. The minimum Gasteiger partial charge on any atom is -0.481 e. The Morgan fingerprint density at radius 1 is 1.18 bits per heavy atom. The standard InChI is InChI=1S/C17H17Cl2NO2/c1-3-16(22-15-6-4-5-11(2)7-15)17(21)20-14-9-12(18)8-13(19)10-14/h4-10,16H,3H2,1-2H3,(H,20,21)/t16-/m1/s1. The van der Waals surface area contributed by atoms with Gasteiger partial charge < -0.3 is 10.1 Å². The molecule has 22 heavy (non-hydrogen) atoms. The van der Waals surface area contributed by atoms with Crippen LogP contribution in [0.1, 0.15) is 18.9 Å². The molecule has 1 N–H and O–H groups in total. The number of benzene rings is 2. The third-order valence-electron chi connectivity index (χ3n) is 3.06. The van der Waals surface area contributed by atoms with Crippen LogP contribution in [0.2, 0.25) is 10.0 Å². The average Bonchev–Trinajstić information content (AvgIpc) is 2.43. The number of amides is 1. The average molecular weight is 338 g/mol. The van der Waals surface area contributed by atoms with Crippen molar-refractivity contribution in [2.45, 2.75) is 26.4 Å². The Morgan fingerprint density at radius 3 is 2.45 bits per heavy atom. The van der Waals surface area contributed by atoms with Crippen LogP contribution in [-0.4, -0.2) is 12.0 Å². The van der Waals surface area contributed by atoms with Gasteiger partial charge in [0.05, 0.1) is 0 Å². The summed E-state index contributed by atoms with van der Waals surface area (Å²) < 4.78 is 5.76. The normalized spacial score (nSPS) is 11.8. The number of nitrogens with one attached hydrogen (secondary N) is 1. The van der Waals surface area contributed by atoms with Crippen LogP contribution in [0, 0.1) is 6.92 Å². The highest BCUT2D eigenvalue weighted by atomic mass is 35.5. The number of carbonyl (C=O) groups is 1. The minimum absolute atomic E-state index is 0.234. The molecule has 0 saturated carbocycles. The van der Waals surface area contributed by atoms with Gasteiger partial charge in [-0.05, 0) is 49.2 Å². The second kappa shape index (κ2) is 7.52. The van der Waals surface area contributed by atoms with Gasteiger partial charge in [0.15, 0.2) is 6.10 Å². The van der Waals surface area contributed by atoms with Crippen LogP contribution in [0.3, 0.4) is 0 Å². The molecular formula is C17H17Cl2NO2. The summed E-state index contributed by atoms with van der Waals surface area (Å²) in [4.78, 5) is 12.3. The van der Waals surface area contributed by atoms with Gasteiger partial charge in [0.25, 0.3) is 5.91 Å². The summed E-state index contributed by atoms with van der Waals surface area (Å²) in [6.45, 7) is 3.87. The molecule has 0 unspecified atom stereocenters. The molecule has 0 aliphatic rings. The molecule has 0 aromatic heterocycles. The van der Waals surface area contributed by atoms with Gasteiger partial charge in [0.1, 0.15) is 5.75 Å². The molecule has 1 amide bonds. The van der Waals surface area contributed by atoms with Crippen molar-refractivity contribution in [2.24, 2.45) is 0 Å². The first-order valence-corrected chi connectivity index (χ1v) is 7.74. The molecule has 0 radical (unpaired) electrons. The smallest absolute Gasteiger partial charge is 0.265 e. The summed E-state index contributed by atoms with van der Waals surface area (Å²) in [5.74, 6) is 0.438. The summed E-state index contributed by atoms with van der Waals surface area (Å²) >= 11 is 11.9. The molecule has 2 rings (SSSR count). The van der Waals surface area contributed by atoms with Crippen molar-refractivity contribution < 1.29 is 9.53 Å². The van der Waals surface area contributed by atoms with E-state index in [1.807, 2.05) is 38.1 Å². The van der Waals surface area contributed by atoms with Gasteiger partial charge in [0.2, 0.25) is 0 Å². The van der Waals surface area contributed by atoms with Crippen LogP contribution < -0.4 is 10.1 Å². The van der Waals surface area contributed by atoms with E-state index in [2.05, 4.69) is 5.32 Å². The molecule has 0 spiro atoms. The molecule has 1 atom stereocenters. The van der Waals surface area contributed by atoms with Gasteiger partial charge in [-0.2, -0.15) is 0 Å². The lowest BCUT2D eigenvalue weighted by atomic mass is 10.2. The molecule has 3 nitrogen and oxygen atoms in total. The third-order valence-corrected chi connectivity index (χ3v) is 3.50. The van der Waals surface area contributed by atoms with Gasteiger partial charge in [-0.25, -0.2) is 0 Å². The van der Waals surface area contributed by atoms with E-state index in [0.29, 0.717) is 27.9 Å². The molecule has 2 aromatic rings. The Labute approximate surface area is 140 Å². The second-order valence-corrected chi connectivity index (χ2v) is 5.85. The van der Waals surface area contributed by atoms with Crippen LogP contribution in [0.4, 0.5) is 5.69 Å². The molecular weight excluding hydrogens is 321 g/mol. The number of anilines is 1. The van der Waals surface area contributed by atoms with Crippen molar-refractivity contribution >= 4 is 34.8 Å². The van der Waals surface area contributed by atoms with E-state index in [4.69, 9.17) is 27.9 Å². The first-order valence-electron chi connectivity index (χ1n) is 6.98. The van der Waals surface area contributed by atoms with Crippen LogP contribution in [0.25, 0.3) is 0 Å². The quantitative estimate of drug-likeness (QED) is 0.824. The number of hydrogen-bond donors (Lipinski definition) is 1. The molecule has 2 aromatic carbocycles. The lowest BCUT2D eigenvalue weighted by Crippen LogP contribution is -2.32. The Bertz CT molecular complexity index is 653. The fourth-order valence-electron chi connectivity index (χ4n) is 2.02. The summed E-state index contributed by atoms with van der Waals surface area (Å²) in [5, 5.41) is 3.71. The number of hydrogen-bond acceptors (Lipinski definition) is 2. The molecule has 0 heterocycles. The fourth-order valence-corrected chi connectivity index (χ4v) is 2.55. The molecule has 0 aliphatic carbocycles. The maximum atomic E-state index is 12.3. The largest absolute Gasteiger partial charge is 0.481 e. The molecule has 5 heteroatoms. The second-order valence-electron chi connectivity index (χ2n) is 4.98. The molecule has 116 valence electrons. The highest BCUT2D eigenvalue weighted by Crippen LogP contribution is 2.23. The zero-order valence-electron chi connectivity index (χ0n) is 12.4. The van der Waals surface area contributed by atoms with Gasteiger partial charge >= 0.3 is 0 Å². The molecule has 0 fully saturated rings. The maximum absolute atomic E-state index is 12.3. The number of ether oxygens (including phenoxy) is 1. The van der Waals surface area contributed by atoms with Crippen molar-refractivity contribution in [2.75, 3.05) is 5.32 Å². The van der Waals surface area contributed by atoms with Crippen molar-refractivity contribution in [3.63, 3.8) is 0 Å². The predicted octanol–water partition coefficient (Wildman–Crippen LogP) is 5.10. The first-order chi connectivity index (χ1) is 10.5. The minimum atomic E-state index is -0.584. The zero-order valence-corrected chi connectivity index (χ0v) is 13.9. The summed E-state index contributed by atoms with van der Waals surface area (Å²) in [7, 11) is 0. The maximum Gasteiger partial charge on any atom is 0.265 e. The highest BCUT2D eigenvalue weighted by molar-refractivity contribution is 6.35. The van der Waals surface area contributed by atoms with Crippen LogP contribution in [0.5, 0.6) is 5.75 Å². The Kier molecular flexibility index (Phi) is 5.69. The van der Waals surface area contributed by atoms with Gasteiger partial charge in [-0.3, -0.25) is 4.79 Å². The first kappa shape index (κ1) is 16.7. The van der Waals surface area contributed by atoms with E-state index < -0.39 is 6.10 Å². The van der Waals surface area contributed by atoms with E-state index in [0.717, 1.165) is 5.56 Å². The van der Waals surface area contributed by atoms with Gasteiger partial charge in [-0.1, -0.05) is 42.3 Å². The molecule has 0 aliphatic heterocycles. The summed E-state index contributed by atoms with van der Waals surface area (Å²) in [5.41, 5.74) is 1.63. The highest BCUT2D eigenvalue weighted by Gasteiger charge is 2.19. The van der Waals surface area contributed by atoms with Gasteiger partial charge in [-0.15, -0.1) is 0 Å². The monoisotopic (exact) mass is 337 g/mol. The predicted molar refractivity (Wildman–Crippen MR) is 91.0 cm³/mol. The Balaban J connectivity index is 2.08. The van der Waals surface area contributed by atoms with Crippen molar-refractivity contribution in [3.8, 4) is 5.75 Å². The van der Waals surface area contributed by atoms with Crippen LogP contribution >= 0.6 is 23.2 Å². The Hall–Kier alpha value is -1.71. The fraction of sp³-hybridized carbons (Fsp3) is 0.235. The lowest BCUT2D eigenvalue weighted by molar-refractivity contribution is -0.122. The van der Waals surface area contributed by atoms with Crippen molar-refractivity contribution in [3.05, 3.63) is 58.1 Å². The number of aryl methyl sites for hydroxylation is 1.